The van der Waals surface area contributed by atoms with Crippen molar-refractivity contribution < 1.29 is 9.59 Å². The monoisotopic (exact) mass is 329 g/mol. The van der Waals surface area contributed by atoms with Crippen molar-refractivity contribution in [1.82, 2.24) is 9.88 Å². The molecule has 0 aromatic carbocycles. The van der Waals surface area contributed by atoms with Gasteiger partial charge in [0.2, 0.25) is 0 Å². The molecule has 0 aliphatic carbocycles. The standard InChI is InChI=1S/C17H19N3O2S/c1-12-9-13(11-18-10-12)19-16(21)17(22)20-7-3-2-5-14(20)15-6-4-8-23-15/h4,6,8-11,14H,2-3,5,7H2,1H3,(H,19,21)/t14-/m0/s1. The second-order valence-corrected chi connectivity index (χ2v) is 6.71. The average Bonchev–Trinajstić information content (AvgIpc) is 3.08. The Hall–Kier alpha value is -2.21. The van der Waals surface area contributed by atoms with Crippen LogP contribution < -0.4 is 5.32 Å². The number of aryl methyl sites for hydroxylation is 1. The van der Waals surface area contributed by atoms with E-state index in [1.807, 2.05) is 24.4 Å². The number of likely N-dealkylation sites (tertiary alicyclic amines) is 1. The molecule has 0 bridgehead atoms. The van der Waals surface area contributed by atoms with Crippen LogP contribution in [-0.2, 0) is 9.59 Å². The maximum atomic E-state index is 12.6. The van der Waals surface area contributed by atoms with Gasteiger partial charge in [0.05, 0.1) is 17.9 Å². The molecule has 0 unspecified atom stereocenters. The molecule has 1 fully saturated rings. The summed E-state index contributed by atoms with van der Waals surface area (Å²) in [6.45, 7) is 2.52. The Labute approximate surface area is 139 Å². The van der Waals surface area contributed by atoms with Crippen molar-refractivity contribution in [2.24, 2.45) is 0 Å². The minimum atomic E-state index is -0.596. The Kier molecular flexibility index (Phi) is 4.71. The van der Waals surface area contributed by atoms with E-state index in [-0.39, 0.29) is 6.04 Å². The van der Waals surface area contributed by atoms with Gasteiger partial charge in [-0.1, -0.05) is 6.07 Å². The van der Waals surface area contributed by atoms with Gasteiger partial charge in [-0.2, -0.15) is 0 Å². The van der Waals surface area contributed by atoms with E-state index in [2.05, 4.69) is 10.3 Å². The molecule has 1 aliphatic heterocycles. The molecule has 1 aliphatic rings. The summed E-state index contributed by atoms with van der Waals surface area (Å²) in [6.07, 6.45) is 6.17. The van der Waals surface area contributed by atoms with Crippen molar-refractivity contribution in [3.05, 3.63) is 46.4 Å². The van der Waals surface area contributed by atoms with E-state index in [4.69, 9.17) is 0 Å². The number of hydrogen-bond donors (Lipinski definition) is 1. The molecule has 0 radical (unpaired) electrons. The maximum absolute atomic E-state index is 12.6. The molecule has 2 aromatic rings. The largest absolute Gasteiger partial charge is 0.327 e. The molecule has 3 heterocycles. The molecular weight excluding hydrogens is 310 g/mol. The first kappa shape index (κ1) is 15.7. The van der Waals surface area contributed by atoms with E-state index < -0.39 is 11.8 Å². The highest BCUT2D eigenvalue weighted by atomic mass is 32.1. The average molecular weight is 329 g/mol. The Morgan fingerprint density at radius 1 is 1.35 bits per heavy atom. The smallest absolute Gasteiger partial charge is 0.313 e. The highest BCUT2D eigenvalue weighted by Gasteiger charge is 2.32. The number of pyridine rings is 1. The molecule has 2 amide bonds. The molecular formula is C17H19N3O2S. The minimum absolute atomic E-state index is 0.0117. The van der Waals surface area contributed by atoms with Crippen molar-refractivity contribution in [2.75, 3.05) is 11.9 Å². The Morgan fingerprint density at radius 3 is 2.96 bits per heavy atom. The molecule has 5 nitrogen and oxygen atoms in total. The van der Waals surface area contributed by atoms with Gasteiger partial charge in [0.15, 0.2) is 0 Å². The molecule has 1 saturated heterocycles. The zero-order valence-electron chi connectivity index (χ0n) is 13.0. The van der Waals surface area contributed by atoms with Gasteiger partial charge in [0.25, 0.3) is 0 Å². The van der Waals surface area contributed by atoms with Gasteiger partial charge in [-0.25, -0.2) is 0 Å². The summed E-state index contributed by atoms with van der Waals surface area (Å²) >= 11 is 1.63. The van der Waals surface area contributed by atoms with Gasteiger partial charge < -0.3 is 10.2 Å². The van der Waals surface area contributed by atoms with Gasteiger partial charge in [-0.05, 0) is 49.3 Å². The fourth-order valence-corrected chi connectivity index (χ4v) is 3.76. The van der Waals surface area contributed by atoms with E-state index in [9.17, 15) is 9.59 Å². The molecule has 1 atom stereocenters. The summed E-state index contributed by atoms with van der Waals surface area (Å²) in [5.74, 6) is -1.06. The van der Waals surface area contributed by atoms with Crippen LogP contribution in [0.4, 0.5) is 5.69 Å². The highest BCUT2D eigenvalue weighted by molar-refractivity contribution is 7.10. The van der Waals surface area contributed by atoms with E-state index in [1.165, 1.54) is 0 Å². The lowest BCUT2D eigenvalue weighted by Gasteiger charge is -2.34. The molecule has 3 rings (SSSR count). The van der Waals surface area contributed by atoms with Crippen molar-refractivity contribution in [3.63, 3.8) is 0 Å². The van der Waals surface area contributed by atoms with Crippen molar-refractivity contribution in [1.29, 1.82) is 0 Å². The first-order valence-corrected chi connectivity index (χ1v) is 8.60. The number of aromatic nitrogens is 1. The molecule has 0 spiro atoms. The predicted octanol–water partition coefficient (Wildman–Crippen LogP) is 3.14. The van der Waals surface area contributed by atoms with Crippen molar-refractivity contribution in [3.8, 4) is 0 Å². The third-order valence-corrected chi connectivity index (χ3v) is 4.94. The lowest BCUT2D eigenvalue weighted by molar-refractivity contribution is -0.145. The van der Waals surface area contributed by atoms with Gasteiger partial charge in [0.1, 0.15) is 0 Å². The summed E-state index contributed by atoms with van der Waals surface area (Å²) in [4.78, 5) is 31.8. The summed E-state index contributed by atoms with van der Waals surface area (Å²) in [5, 5.41) is 4.66. The Bertz CT molecular complexity index is 700. The summed E-state index contributed by atoms with van der Waals surface area (Å²) in [6, 6.07) is 5.82. The lowest BCUT2D eigenvalue weighted by Crippen LogP contribution is -2.44. The normalized spacial score (nSPS) is 17.8. The zero-order valence-corrected chi connectivity index (χ0v) is 13.8. The Morgan fingerprint density at radius 2 is 2.22 bits per heavy atom. The zero-order chi connectivity index (χ0) is 16.2. The van der Waals surface area contributed by atoms with E-state index in [0.717, 1.165) is 29.7 Å². The second-order valence-electron chi connectivity index (χ2n) is 5.73. The summed E-state index contributed by atoms with van der Waals surface area (Å²) in [5.41, 5.74) is 1.48. The van der Waals surface area contributed by atoms with Gasteiger partial charge in [-0.15, -0.1) is 11.3 Å². The first-order valence-electron chi connectivity index (χ1n) is 7.72. The van der Waals surface area contributed by atoms with Crippen LogP contribution in [-0.4, -0.2) is 28.2 Å². The molecule has 120 valence electrons. The van der Waals surface area contributed by atoms with Crippen molar-refractivity contribution >= 4 is 28.8 Å². The van der Waals surface area contributed by atoms with Crippen LogP contribution in [0.2, 0.25) is 0 Å². The van der Waals surface area contributed by atoms with Gasteiger partial charge in [0, 0.05) is 17.6 Å². The van der Waals surface area contributed by atoms with Gasteiger partial charge in [-0.3, -0.25) is 14.6 Å². The van der Waals surface area contributed by atoms with E-state index in [1.54, 1.807) is 34.7 Å². The predicted molar refractivity (Wildman–Crippen MR) is 90.2 cm³/mol. The van der Waals surface area contributed by atoms with Crippen LogP contribution in [0.25, 0.3) is 0 Å². The maximum Gasteiger partial charge on any atom is 0.313 e. The molecule has 6 heteroatoms. The van der Waals surface area contributed by atoms with Crippen LogP contribution in [0, 0.1) is 6.92 Å². The fourth-order valence-electron chi connectivity index (χ4n) is 2.89. The van der Waals surface area contributed by atoms with Crippen LogP contribution in [0.15, 0.2) is 36.0 Å². The van der Waals surface area contributed by atoms with Gasteiger partial charge >= 0.3 is 11.8 Å². The number of anilines is 1. The minimum Gasteiger partial charge on any atom is -0.327 e. The Balaban J connectivity index is 1.73. The van der Waals surface area contributed by atoms with Crippen LogP contribution in [0.3, 0.4) is 0 Å². The quantitative estimate of drug-likeness (QED) is 0.861. The summed E-state index contributed by atoms with van der Waals surface area (Å²) < 4.78 is 0. The van der Waals surface area contributed by atoms with E-state index >= 15 is 0 Å². The lowest BCUT2D eigenvalue weighted by atomic mass is 10.0. The second kappa shape index (κ2) is 6.91. The first-order chi connectivity index (χ1) is 11.1. The summed E-state index contributed by atoms with van der Waals surface area (Å²) in [7, 11) is 0. The molecule has 1 N–H and O–H groups in total. The third kappa shape index (κ3) is 3.59. The van der Waals surface area contributed by atoms with Crippen LogP contribution >= 0.6 is 11.3 Å². The van der Waals surface area contributed by atoms with Crippen LogP contribution in [0.5, 0.6) is 0 Å². The number of carbonyl (C=O) groups is 2. The molecule has 0 saturated carbocycles. The number of nitrogens with one attached hydrogen (secondary N) is 1. The number of thiophene rings is 1. The number of piperidine rings is 1. The number of amides is 2. The third-order valence-electron chi connectivity index (χ3n) is 3.96. The van der Waals surface area contributed by atoms with E-state index in [0.29, 0.717) is 12.2 Å². The number of rotatable bonds is 2. The van der Waals surface area contributed by atoms with Crippen LogP contribution in [0.1, 0.15) is 35.7 Å². The SMILES string of the molecule is Cc1cncc(NC(=O)C(=O)N2CCCC[C@H]2c2cccs2)c1. The topological polar surface area (TPSA) is 62.3 Å². The highest BCUT2D eigenvalue weighted by Crippen LogP contribution is 2.33. The molecule has 23 heavy (non-hydrogen) atoms. The molecule has 2 aromatic heterocycles. The number of carbonyl (C=O) groups excluding carboxylic acids is 2. The fraction of sp³-hybridized carbons (Fsp3) is 0.353. The van der Waals surface area contributed by atoms with Crippen molar-refractivity contribution in [2.45, 2.75) is 32.2 Å². The number of hydrogen-bond acceptors (Lipinski definition) is 4. The number of nitrogens with zero attached hydrogens (tertiary/aromatic N) is 2.